The predicted molar refractivity (Wildman–Crippen MR) is 106 cm³/mol. The van der Waals surface area contributed by atoms with Crippen LogP contribution in [0.1, 0.15) is 17.4 Å². The van der Waals surface area contributed by atoms with Crippen LogP contribution in [0.3, 0.4) is 0 Å². The number of aliphatic hydroxyl groups is 1. The number of ether oxygens (including phenoxy) is 5. The molecule has 154 valence electrons. The lowest BCUT2D eigenvalue weighted by Crippen LogP contribution is -2.62. The van der Waals surface area contributed by atoms with Crippen LogP contribution >= 0.6 is 0 Å². The first kappa shape index (κ1) is 20.2. The number of hydrogen-bond donors (Lipinski definition) is 1. The van der Waals surface area contributed by atoms with Gasteiger partial charge in [0.15, 0.2) is 12.6 Å². The third kappa shape index (κ3) is 4.75. The summed E-state index contributed by atoms with van der Waals surface area (Å²) in [5.41, 5.74) is 1.89. The van der Waals surface area contributed by atoms with E-state index in [9.17, 15) is 5.11 Å². The van der Waals surface area contributed by atoms with E-state index in [-0.39, 0.29) is 6.61 Å². The molecule has 2 heterocycles. The van der Waals surface area contributed by atoms with E-state index in [0.29, 0.717) is 13.2 Å². The first-order valence-corrected chi connectivity index (χ1v) is 9.80. The highest BCUT2D eigenvalue weighted by molar-refractivity contribution is 5.17. The second-order valence-corrected chi connectivity index (χ2v) is 7.09. The predicted octanol–water partition coefficient (Wildman–Crippen LogP) is 2.97. The van der Waals surface area contributed by atoms with Crippen LogP contribution in [0.5, 0.6) is 0 Å². The van der Waals surface area contributed by atoms with E-state index in [2.05, 4.69) is 6.58 Å². The molecule has 2 saturated heterocycles. The summed E-state index contributed by atoms with van der Waals surface area (Å²) >= 11 is 0. The second-order valence-electron chi connectivity index (χ2n) is 7.09. The molecule has 0 spiro atoms. The highest BCUT2D eigenvalue weighted by Gasteiger charge is 2.50. The van der Waals surface area contributed by atoms with Gasteiger partial charge in [-0.1, -0.05) is 66.7 Å². The maximum Gasteiger partial charge on any atom is 0.187 e. The maximum atomic E-state index is 11.1. The minimum absolute atomic E-state index is 0.286. The second kappa shape index (κ2) is 9.63. The van der Waals surface area contributed by atoms with Crippen LogP contribution in [-0.2, 0) is 30.3 Å². The minimum atomic E-state index is -0.928. The van der Waals surface area contributed by atoms with Gasteiger partial charge in [-0.15, -0.1) is 6.58 Å². The van der Waals surface area contributed by atoms with E-state index in [1.807, 2.05) is 60.7 Å². The Balaban J connectivity index is 1.48. The molecule has 2 aromatic rings. The standard InChI is InChI=1S/C23H26O6/c1-2-13-25-23-21(26-14-16-9-5-3-6-10-16)19(24)20-18(28-23)15-27-22(29-20)17-11-7-4-8-12-17/h2-12,18-24H,1,13-15H2/t18-,19+,20-,21-,22?,23-/m1/s1. The quantitative estimate of drug-likeness (QED) is 0.724. The lowest BCUT2D eigenvalue weighted by atomic mass is 9.97. The van der Waals surface area contributed by atoms with Crippen molar-refractivity contribution < 1.29 is 28.8 Å². The minimum Gasteiger partial charge on any atom is -0.387 e. The Morgan fingerprint density at radius 1 is 1.00 bits per heavy atom. The average molecular weight is 398 g/mol. The molecule has 6 atom stereocenters. The van der Waals surface area contributed by atoms with Gasteiger partial charge in [-0.05, 0) is 5.56 Å². The van der Waals surface area contributed by atoms with Crippen molar-refractivity contribution in [1.29, 1.82) is 0 Å². The summed E-state index contributed by atoms with van der Waals surface area (Å²) in [6, 6.07) is 19.4. The Hall–Kier alpha value is -2.06. The highest BCUT2D eigenvalue weighted by atomic mass is 16.8. The van der Waals surface area contributed by atoms with Gasteiger partial charge in [-0.2, -0.15) is 0 Å². The number of fused-ring (bicyclic) bond motifs is 1. The van der Waals surface area contributed by atoms with Gasteiger partial charge in [0.1, 0.15) is 24.4 Å². The number of benzene rings is 2. The summed E-state index contributed by atoms with van der Waals surface area (Å²) in [5.74, 6) is 0. The SMILES string of the molecule is C=CCO[C@@H]1O[C@@H]2COC(c3ccccc3)O[C@H]2[C@H](O)[C@H]1OCc1ccccc1. The molecular weight excluding hydrogens is 372 g/mol. The van der Waals surface area contributed by atoms with Gasteiger partial charge >= 0.3 is 0 Å². The van der Waals surface area contributed by atoms with Gasteiger partial charge < -0.3 is 28.8 Å². The Kier molecular flexibility index (Phi) is 6.71. The molecule has 2 aromatic carbocycles. The zero-order valence-corrected chi connectivity index (χ0v) is 16.1. The summed E-state index contributed by atoms with van der Waals surface area (Å²) in [7, 11) is 0. The Morgan fingerprint density at radius 3 is 2.45 bits per heavy atom. The molecule has 0 bridgehead atoms. The largest absolute Gasteiger partial charge is 0.387 e. The van der Waals surface area contributed by atoms with Crippen LogP contribution in [0.25, 0.3) is 0 Å². The van der Waals surface area contributed by atoms with E-state index in [4.69, 9.17) is 23.7 Å². The lowest BCUT2D eigenvalue weighted by molar-refractivity contribution is -0.365. The molecule has 0 radical (unpaired) electrons. The van der Waals surface area contributed by atoms with Gasteiger partial charge in [-0.3, -0.25) is 0 Å². The van der Waals surface area contributed by atoms with Crippen molar-refractivity contribution in [2.75, 3.05) is 13.2 Å². The number of hydrogen-bond acceptors (Lipinski definition) is 6. The zero-order chi connectivity index (χ0) is 20.1. The normalized spacial score (nSPS) is 31.8. The molecule has 29 heavy (non-hydrogen) atoms. The van der Waals surface area contributed by atoms with Crippen LogP contribution in [0.4, 0.5) is 0 Å². The molecule has 1 N–H and O–H groups in total. The molecule has 0 aromatic heterocycles. The summed E-state index contributed by atoms with van der Waals surface area (Å²) in [6.07, 6.45) is -2.33. The van der Waals surface area contributed by atoms with Gasteiger partial charge in [0.05, 0.1) is 19.8 Å². The Labute approximate surface area is 170 Å². The fourth-order valence-corrected chi connectivity index (χ4v) is 3.59. The van der Waals surface area contributed by atoms with E-state index in [1.165, 1.54) is 0 Å². The molecule has 4 rings (SSSR count). The molecule has 2 aliphatic heterocycles. The summed E-state index contributed by atoms with van der Waals surface area (Å²) in [4.78, 5) is 0. The van der Waals surface area contributed by atoms with Gasteiger partial charge in [-0.25, -0.2) is 0 Å². The zero-order valence-electron chi connectivity index (χ0n) is 16.1. The summed E-state index contributed by atoms with van der Waals surface area (Å²) in [5, 5.41) is 11.1. The third-order valence-electron chi connectivity index (χ3n) is 5.04. The average Bonchev–Trinajstić information content (AvgIpc) is 2.78. The van der Waals surface area contributed by atoms with Gasteiger partial charge in [0.25, 0.3) is 0 Å². The first-order valence-electron chi connectivity index (χ1n) is 9.80. The van der Waals surface area contributed by atoms with Crippen molar-refractivity contribution >= 4 is 0 Å². The van der Waals surface area contributed by atoms with Crippen molar-refractivity contribution in [3.05, 3.63) is 84.4 Å². The van der Waals surface area contributed by atoms with Gasteiger partial charge in [0, 0.05) is 5.56 Å². The first-order chi connectivity index (χ1) is 14.3. The molecule has 6 heteroatoms. The number of rotatable bonds is 7. The van der Waals surface area contributed by atoms with Crippen LogP contribution in [0, 0.1) is 0 Å². The van der Waals surface area contributed by atoms with Crippen LogP contribution in [0.2, 0.25) is 0 Å². The van der Waals surface area contributed by atoms with Crippen molar-refractivity contribution in [2.45, 2.75) is 43.6 Å². The number of aliphatic hydroxyl groups excluding tert-OH is 1. The Morgan fingerprint density at radius 2 is 1.72 bits per heavy atom. The van der Waals surface area contributed by atoms with Crippen LogP contribution in [-0.4, -0.2) is 49.0 Å². The summed E-state index contributed by atoms with van der Waals surface area (Å²) < 4.78 is 29.7. The van der Waals surface area contributed by atoms with E-state index in [0.717, 1.165) is 11.1 Å². The fourth-order valence-electron chi connectivity index (χ4n) is 3.59. The lowest BCUT2D eigenvalue weighted by Gasteiger charge is -2.47. The monoisotopic (exact) mass is 398 g/mol. The Bertz CT molecular complexity index is 767. The molecular formula is C23H26O6. The smallest absolute Gasteiger partial charge is 0.187 e. The van der Waals surface area contributed by atoms with E-state index >= 15 is 0 Å². The molecule has 0 saturated carbocycles. The molecule has 0 aliphatic carbocycles. The maximum absolute atomic E-state index is 11.1. The fraction of sp³-hybridized carbons (Fsp3) is 0.391. The van der Waals surface area contributed by atoms with Crippen molar-refractivity contribution in [1.82, 2.24) is 0 Å². The van der Waals surface area contributed by atoms with Crippen molar-refractivity contribution in [3.8, 4) is 0 Å². The summed E-state index contributed by atoms with van der Waals surface area (Å²) in [6.45, 7) is 4.58. The molecule has 2 aliphatic rings. The molecule has 0 amide bonds. The van der Waals surface area contributed by atoms with Gasteiger partial charge in [0.2, 0.25) is 0 Å². The topological polar surface area (TPSA) is 66.4 Å². The highest BCUT2D eigenvalue weighted by Crippen LogP contribution is 2.35. The molecule has 6 nitrogen and oxygen atoms in total. The molecule has 2 fully saturated rings. The molecule has 1 unspecified atom stereocenters. The van der Waals surface area contributed by atoms with Crippen molar-refractivity contribution in [3.63, 3.8) is 0 Å². The van der Waals surface area contributed by atoms with E-state index < -0.39 is 37.0 Å². The van der Waals surface area contributed by atoms with Crippen molar-refractivity contribution in [2.24, 2.45) is 0 Å². The van der Waals surface area contributed by atoms with Crippen LogP contribution in [0.15, 0.2) is 73.3 Å². The third-order valence-corrected chi connectivity index (χ3v) is 5.04. The van der Waals surface area contributed by atoms with E-state index in [1.54, 1.807) is 6.08 Å². The van der Waals surface area contributed by atoms with Crippen LogP contribution < -0.4 is 0 Å².